The Balaban J connectivity index is 1.86. The molecule has 15 nitrogen and oxygen atoms in total. The standard InChI is InChI=1S/C44H53N6O9P/c1-29(2)50(30(3)4)60(57-24-12-23-45)59-39(28-49-26-32(6)41(52)47-43(49)54)38(27-48-25-31(5)40(51)46-42(48)53)58-44(33-13-10-9-11-14-33,34-15-19-36(55-7)20-16-34)35-17-21-37(56-8)22-18-35/h9-11,13-22,25-26,29-30,38-39H,12,24,27-28H2,1-8H3,(H,46,51,53)(H,47,52,54)/t38-,39+,60?/m1/s1. The van der Waals surface area contributed by atoms with Gasteiger partial charge in [-0.15, -0.1) is 0 Å². The molecule has 2 N–H and O–H groups in total. The van der Waals surface area contributed by atoms with Gasteiger partial charge in [0.05, 0.1) is 46.4 Å². The molecule has 3 atom stereocenters. The number of aryl methyl sites for hydroxylation is 2. The van der Waals surface area contributed by atoms with Gasteiger partial charge in [0, 0.05) is 35.6 Å². The fourth-order valence-electron chi connectivity index (χ4n) is 7.01. The van der Waals surface area contributed by atoms with Gasteiger partial charge < -0.3 is 23.3 Å². The van der Waals surface area contributed by atoms with E-state index in [4.69, 9.17) is 23.3 Å². The van der Waals surface area contributed by atoms with E-state index in [1.807, 2.05) is 111 Å². The molecule has 0 saturated carbocycles. The first-order valence-corrected chi connectivity index (χ1v) is 20.7. The van der Waals surface area contributed by atoms with Gasteiger partial charge in [-0.25, -0.2) is 14.3 Å². The van der Waals surface area contributed by atoms with E-state index in [2.05, 4.69) is 16.0 Å². The van der Waals surface area contributed by atoms with Crippen LogP contribution in [0.5, 0.6) is 11.5 Å². The average Bonchev–Trinajstić information content (AvgIpc) is 3.23. The van der Waals surface area contributed by atoms with Crippen molar-refractivity contribution in [3.63, 3.8) is 0 Å². The van der Waals surface area contributed by atoms with Crippen molar-refractivity contribution < 1.29 is 23.3 Å². The third-order valence-corrected chi connectivity index (χ3v) is 12.1. The Morgan fingerprint density at radius 1 is 0.700 bits per heavy atom. The van der Waals surface area contributed by atoms with E-state index in [0.717, 1.165) is 0 Å². The second kappa shape index (κ2) is 20.6. The van der Waals surface area contributed by atoms with Crippen molar-refractivity contribution >= 4 is 8.53 Å². The largest absolute Gasteiger partial charge is 0.497 e. The number of H-pyrrole nitrogens is 2. The van der Waals surface area contributed by atoms with Gasteiger partial charge in [-0.2, -0.15) is 5.26 Å². The van der Waals surface area contributed by atoms with Crippen LogP contribution in [0, 0.1) is 25.2 Å². The number of aromatic nitrogens is 4. The van der Waals surface area contributed by atoms with Gasteiger partial charge in [-0.1, -0.05) is 54.6 Å². The van der Waals surface area contributed by atoms with Crippen molar-refractivity contribution in [3.8, 4) is 17.6 Å². The number of nitriles is 1. The number of hydrogen-bond acceptors (Lipinski definition) is 11. The third kappa shape index (κ3) is 10.6. The first-order chi connectivity index (χ1) is 28.7. The van der Waals surface area contributed by atoms with Crippen molar-refractivity contribution in [1.82, 2.24) is 23.8 Å². The fraction of sp³-hybridized carbons (Fsp3) is 0.386. The molecule has 0 radical (unpaired) electrons. The number of nitrogens with zero attached hydrogens (tertiary/aromatic N) is 4. The van der Waals surface area contributed by atoms with Crippen LogP contribution in [0.15, 0.2) is 110 Å². The zero-order chi connectivity index (χ0) is 43.6. The van der Waals surface area contributed by atoms with Crippen molar-refractivity contribution in [1.29, 1.82) is 5.26 Å². The van der Waals surface area contributed by atoms with Gasteiger partial charge in [-0.3, -0.25) is 28.7 Å². The number of hydrogen-bond donors (Lipinski definition) is 2. The molecular weight excluding hydrogens is 787 g/mol. The molecule has 318 valence electrons. The lowest BCUT2D eigenvalue weighted by atomic mass is 9.79. The topological polar surface area (TPSA) is 183 Å². The van der Waals surface area contributed by atoms with Crippen LogP contribution in [0.4, 0.5) is 0 Å². The minimum absolute atomic E-state index is 0.0539. The predicted molar refractivity (Wildman–Crippen MR) is 229 cm³/mol. The summed E-state index contributed by atoms with van der Waals surface area (Å²) < 4.78 is 37.0. The summed E-state index contributed by atoms with van der Waals surface area (Å²) in [7, 11) is 1.18. The van der Waals surface area contributed by atoms with Crippen LogP contribution in [-0.4, -0.2) is 68.9 Å². The lowest BCUT2D eigenvalue weighted by molar-refractivity contribution is -0.108. The quantitative estimate of drug-likeness (QED) is 0.0552. The Bertz CT molecular complexity index is 2400. The molecule has 3 aromatic carbocycles. The summed E-state index contributed by atoms with van der Waals surface area (Å²) >= 11 is 0. The maximum Gasteiger partial charge on any atom is 0.328 e. The molecule has 0 aliphatic carbocycles. The zero-order valence-electron chi connectivity index (χ0n) is 35.2. The van der Waals surface area contributed by atoms with Gasteiger partial charge in [0.2, 0.25) is 0 Å². The molecule has 0 aliphatic heterocycles. The normalized spacial score (nSPS) is 13.3. The van der Waals surface area contributed by atoms with Crippen LogP contribution < -0.4 is 32.0 Å². The molecule has 0 aliphatic rings. The van der Waals surface area contributed by atoms with Crippen LogP contribution in [0.25, 0.3) is 0 Å². The molecule has 16 heteroatoms. The number of rotatable bonds is 20. The van der Waals surface area contributed by atoms with Gasteiger partial charge in [0.15, 0.2) is 0 Å². The third-order valence-electron chi connectivity index (χ3n) is 9.94. The molecule has 5 aromatic rings. The van der Waals surface area contributed by atoms with Crippen LogP contribution in [0.3, 0.4) is 0 Å². The lowest BCUT2D eigenvalue weighted by Crippen LogP contribution is -2.49. The van der Waals surface area contributed by atoms with Gasteiger partial charge in [0.25, 0.3) is 19.6 Å². The number of aromatic amines is 2. The van der Waals surface area contributed by atoms with Crippen LogP contribution in [-0.2, 0) is 32.5 Å². The molecule has 60 heavy (non-hydrogen) atoms. The second-order valence-electron chi connectivity index (χ2n) is 14.8. The highest BCUT2D eigenvalue weighted by molar-refractivity contribution is 7.44. The van der Waals surface area contributed by atoms with Crippen molar-refractivity contribution in [2.24, 2.45) is 0 Å². The summed E-state index contributed by atoms with van der Waals surface area (Å²) in [6.45, 7) is 10.9. The highest BCUT2D eigenvalue weighted by atomic mass is 31.2. The van der Waals surface area contributed by atoms with E-state index in [1.165, 1.54) is 21.5 Å². The SMILES string of the molecule is COc1ccc(C(O[C@H](Cn2cc(C)c(=O)[nH]c2=O)[C@H](Cn2cc(C)c(=O)[nH]c2=O)OP(OCCC#N)N(C(C)C)C(C)C)(c2ccccc2)c2ccc(OC)cc2)cc1. The van der Waals surface area contributed by atoms with Crippen molar-refractivity contribution in [2.45, 2.75) is 90.9 Å². The first-order valence-electron chi connectivity index (χ1n) is 19.6. The molecule has 1 unspecified atom stereocenters. The van der Waals surface area contributed by atoms with Gasteiger partial charge in [-0.05, 0) is 82.5 Å². The van der Waals surface area contributed by atoms with Gasteiger partial charge in [0.1, 0.15) is 29.3 Å². The maximum atomic E-state index is 13.7. The van der Waals surface area contributed by atoms with E-state index < -0.39 is 48.8 Å². The Kier molecular flexibility index (Phi) is 15.6. The molecule has 0 amide bonds. The minimum atomic E-state index is -1.98. The van der Waals surface area contributed by atoms with Crippen LogP contribution >= 0.6 is 8.53 Å². The molecule has 2 aromatic heterocycles. The minimum Gasteiger partial charge on any atom is -0.497 e. The summed E-state index contributed by atoms with van der Waals surface area (Å²) in [5.74, 6) is 1.22. The first kappa shape index (κ1) is 45.5. The Labute approximate surface area is 350 Å². The van der Waals surface area contributed by atoms with Crippen molar-refractivity contribution in [2.75, 3.05) is 20.8 Å². The van der Waals surface area contributed by atoms with Gasteiger partial charge >= 0.3 is 11.4 Å². The lowest BCUT2D eigenvalue weighted by Gasteiger charge is -2.43. The number of nitrogens with one attached hydrogen (secondary N) is 2. The molecule has 0 fully saturated rings. The second-order valence-corrected chi connectivity index (χ2v) is 16.2. The summed E-state index contributed by atoms with van der Waals surface area (Å²) in [5.41, 5.74) is -1.24. The Morgan fingerprint density at radius 3 is 1.58 bits per heavy atom. The highest BCUT2D eigenvalue weighted by Gasteiger charge is 2.44. The number of ether oxygens (including phenoxy) is 3. The summed E-state index contributed by atoms with van der Waals surface area (Å²) in [6, 6.07) is 26.4. The van der Waals surface area contributed by atoms with Crippen LogP contribution in [0.1, 0.15) is 61.9 Å². The van der Waals surface area contributed by atoms with E-state index >= 15 is 0 Å². The molecule has 0 saturated heterocycles. The molecule has 0 spiro atoms. The highest BCUT2D eigenvalue weighted by Crippen LogP contribution is 2.49. The van der Waals surface area contributed by atoms with E-state index in [0.29, 0.717) is 28.2 Å². The average molecular weight is 841 g/mol. The maximum absolute atomic E-state index is 13.7. The Morgan fingerprint density at radius 2 is 1.15 bits per heavy atom. The van der Waals surface area contributed by atoms with E-state index in [9.17, 15) is 24.4 Å². The molecule has 2 heterocycles. The molecular formula is C44H53N6O9P. The van der Waals surface area contributed by atoms with Crippen LogP contribution in [0.2, 0.25) is 0 Å². The monoisotopic (exact) mass is 840 g/mol. The summed E-state index contributed by atoms with van der Waals surface area (Å²) in [4.78, 5) is 57.3. The predicted octanol–water partition coefficient (Wildman–Crippen LogP) is 5.76. The fourth-order valence-corrected chi connectivity index (χ4v) is 8.75. The Hall–Kier alpha value is -5.62. The molecule has 0 bridgehead atoms. The van der Waals surface area contributed by atoms with Crippen molar-refractivity contribution in [3.05, 3.63) is 161 Å². The smallest absolute Gasteiger partial charge is 0.328 e. The zero-order valence-corrected chi connectivity index (χ0v) is 36.1. The van der Waals surface area contributed by atoms with E-state index in [-0.39, 0.29) is 49.3 Å². The number of benzene rings is 3. The number of methoxy groups -OCH3 is 2. The molecule has 5 rings (SSSR count). The summed E-state index contributed by atoms with van der Waals surface area (Å²) in [5, 5.41) is 9.49. The van der Waals surface area contributed by atoms with E-state index in [1.54, 1.807) is 28.1 Å². The summed E-state index contributed by atoms with van der Waals surface area (Å²) in [6.07, 6.45) is 0.746.